The largest absolute Gasteiger partial charge is 0.339 e. The number of aromatic nitrogens is 3. The topological polar surface area (TPSA) is 53.9 Å². The Morgan fingerprint density at radius 2 is 1.92 bits per heavy atom. The highest BCUT2D eigenvalue weighted by atomic mass is 79.9. The molecule has 2 aromatic carbocycles. The van der Waals surface area contributed by atoms with Crippen LogP contribution in [0.5, 0.6) is 0 Å². The van der Waals surface area contributed by atoms with Gasteiger partial charge in [0, 0.05) is 21.9 Å². The number of nitrogens with one attached hydrogen (secondary N) is 1. The van der Waals surface area contributed by atoms with Crippen molar-refractivity contribution in [2.24, 2.45) is 0 Å². The maximum atomic E-state index is 4.65. The number of rotatable bonds is 3. The zero-order valence-electron chi connectivity index (χ0n) is 13.1. The molecule has 3 aromatic rings. The van der Waals surface area contributed by atoms with Crippen molar-refractivity contribution in [1.82, 2.24) is 15.2 Å². The van der Waals surface area contributed by atoms with Crippen LogP contribution in [0.4, 0.5) is 23.1 Å². The zero-order valence-corrected chi connectivity index (χ0v) is 14.7. The predicted octanol–water partition coefficient (Wildman–Crippen LogP) is 4.46. The molecule has 1 N–H and O–H groups in total. The Morgan fingerprint density at radius 3 is 2.75 bits per heavy atom. The summed E-state index contributed by atoms with van der Waals surface area (Å²) < 4.78 is 1.04. The number of hydrogen-bond acceptors (Lipinski definition) is 5. The maximum Gasteiger partial charge on any atom is 0.252 e. The van der Waals surface area contributed by atoms with Gasteiger partial charge in [0.2, 0.25) is 0 Å². The molecule has 1 aliphatic heterocycles. The SMILES string of the molecule is CC1Cc2ccccc2N1c1nncc(Nc2ccc(Br)cc2)n1. The van der Waals surface area contributed by atoms with Crippen molar-refractivity contribution >= 4 is 39.1 Å². The maximum absolute atomic E-state index is 4.65. The molecule has 0 fully saturated rings. The molecular weight excluding hydrogens is 366 g/mol. The second kappa shape index (κ2) is 6.20. The summed E-state index contributed by atoms with van der Waals surface area (Å²) in [6.45, 7) is 2.18. The Hall–Kier alpha value is -2.47. The summed E-state index contributed by atoms with van der Waals surface area (Å²) >= 11 is 3.44. The fraction of sp³-hybridized carbons (Fsp3) is 0.167. The fourth-order valence-electron chi connectivity index (χ4n) is 3.01. The van der Waals surface area contributed by atoms with Gasteiger partial charge in [-0.15, -0.1) is 5.10 Å². The first kappa shape index (κ1) is 15.1. The molecule has 0 saturated heterocycles. The second-order valence-electron chi connectivity index (χ2n) is 5.83. The number of para-hydroxylation sites is 1. The van der Waals surface area contributed by atoms with Crippen LogP contribution in [0.1, 0.15) is 12.5 Å². The van der Waals surface area contributed by atoms with Gasteiger partial charge < -0.3 is 10.2 Å². The van der Waals surface area contributed by atoms with Gasteiger partial charge in [0.25, 0.3) is 5.95 Å². The van der Waals surface area contributed by atoms with Crippen LogP contribution < -0.4 is 10.2 Å². The van der Waals surface area contributed by atoms with E-state index in [1.54, 1.807) is 6.20 Å². The Balaban J connectivity index is 1.64. The molecule has 4 rings (SSSR count). The standard InChI is InChI=1S/C18H16BrN5/c1-12-10-13-4-2-3-5-16(13)24(12)18-22-17(11-20-23-18)21-15-8-6-14(19)7-9-15/h2-9,11-12H,10H2,1H3,(H,21,22,23). The Kier molecular flexibility index (Phi) is 3.90. The molecule has 0 amide bonds. The normalized spacial score (nSPS) is 16.1. The quantitative estimate of drug-likeness (QED) is 0.725. The smallest absolute Gasteiger partial charge is 0.252 e. The lowest BCUT2D eigenvalue weighted by atomic mass is 10.1. The van der Waals surface area contributed by atoms with E-state index in [2.05, 4.69) is 66.5 Å². The molecule has 1 aromatic heterocycles. The van der Waals surface area contributed by atoms with E-state index in [0.29, 0.717) is 17.8 Å². The molecule has 24 heavy (non-hydrogen) atoms. The number of benzene rings is 2. The summed E-state index contributed by atoms with van der Waals surface area (Å²) in [6, 6.07) is 16.6. The molecule has 1 unspecified atom stereocenters. The van der Waals surface area contributed by atoms with E-state index in [1.807, 2.05) is 30.3 Å². The lowest BCUT2D eigenvalue weighted by Crippen LogP contribution is -2.26. The molecular formula is C18H16BrN5. The highest BCUT2D eigenvalue weighted by molar-refractivity contribution is 9.10. The third-order valence-corrected chi connectivity index (χ3v) is 4.62. The van der Waals surface area contributed by atoms with Gasteiger partial charge in [-0.3, -0.25) is 0 Å². The summed E-state index contributed by atoms with van der Waals surface area (Å²) in [4.78, 5) is 6.80. The first-order chi connectivity index (χ1) is 11.7. The van der Waals surface area contributed by atoms with Crippen molar-refractivity contribution in [3.63, 3.8) is 0 Å². The van der Waals surface area contributed by atoms with Crippen LogP contribution in [-0.4, -0.2) is 21.2 Å². The number of anilines is 4. The van der Waals surface area contributed by atoms with Gasteiger partial charge in [-0.1, -0.05) is 34.1 Å². The summed E-state index contributed by atoms with van der Waals surface area (Å²) in [5.41, 5.74) is 3.44. The first-order valence-corrected chi connectivity index (χ1v) is 8.59. The van der Waals surface area contributed by atoms with E-state index in [9.17, 15) is 0 Å². The third kappa shape index (κ3) is 2.85. The molecule has 5 nitrogen and oxygen atoms in total. The van der Waals surface area contributed by atoms with E-state index in [-0.39, 0.29) is 0 Å². The van der Waals surface area contributed by atoms with Crippen LogP contribution in [-0.2, 0) is 6.42 Å². The fourth-order valence-corrected chi connectivity index (χ4v) is 3.27. The lowest BCUT2D eigenvalue weighted by Gasteiger charge is -2.22. The van der Waals surface area contributed by atoms with Gasteiger partial charge in [0.15, 0.2) is 5.82 Å². The van der Waals surface area contributed by atoms with E-state index in [0.717, 1.165) is 22.3 Å². The van der Waals surface area contributed by atoms with Crippen LogP contribution in [0.2, 0.25) is 0 Å². The molecule has 0 saturated carbocycles. The highest BCUT2D eigenvalue weighted by Gasteiger charge is 2.29. The van der Waals surface area contributed by atoms with E-state index < -0.39 is 0 Å². The van der Waals surface area contributed by atoms with E-state index in [4.69, 9.17) is 0 Å². The van der Waals surface area contributed by atoms with Crippen molar-refractivity contribution < 1.29 is 0 Å². The number of nitrogens with zero attached hydrogens (tertiary/aromatic N) is 4. The molecule has 0 radical (unpaired) electrons. The molecule has 0 aliphatic carbocycles. The van der Waals surface area contributed by atoms with Crippen LogP contribution in [0, 0.1) is 0 Å². The Morgan fingerprint density at radius 1 is 1.12 bits per heavy atom. The van der Waals surface area contributed by atoms with Gasteiger partial charge in [-0.25, -0.2) is 0 Å². The molecule has 1 atom stereocenters. The average Bonchev–Trinajstić information content (AvgIpc) is 2.93. The van der Waals surface area contributed by atoms with Gasteiger partial charge in [-0.05, 0) is 49.2 Å². The van der Waals surface area contributed by atoms with Crippen LogP contribution in [0.15, 0.2) is 59.2 Å². The van der Waals surface area contributed by atoms with Crippen molar-refractivity contribution in [2.75, 3.05) is 10.2 Å². The number of halogens is 1. The van der Waals surface area contributed by atoms with Crippen LogP contribution >= 0.6 is 15.9 Å². The van der Waals surface area contributed by atoms with Gasteiger partial charge in [-0.2, -0.15) is 10.1 Å². The van der Waals surface area contributed by atoms with Crippen LogP contribution in [0.3, 0.4) is 0 Å². The molecule has 0 bridgehead atoms. The first-order valence-electron chi connectivity index (χ1n) is 7.80. The lowest BCUT2D eigenvalue weighted by molar-refractivity contribution is 0.730. The van der Waals surface area contributed by atoms with Crippen molar-refractivity contribution in [3.8, 4) is 0 Å². The van der Waals surface area contributed by atoms with Gasteiger partial charge in [0.05, 0.1) is 6.20 Å². The van der Waals surface area contributed by atoms with Crippen molar-refractivity contribution in [1.29, 1.82) is 0 Å². The molecule has 6 heteroatoms. The minimum atomic E-state index is 0.312. The minimum absolute atomic E-state index is 0.312. The highest BCUT2D eigenvalue weighted by Crippen LogP contribution is 2.36. The van der Waals surface area contributed by atoms with Gasteiger partial charge >= 0.3 is 0 Å². The van der Waals surface area contributed by atoms with Crippen molar-refractivity contribution in [3.05, 3.63) is 64.8 Å². The van der Waals surface area contributed by atoms with Crippen LogP contribution in [0.25, 0.3) is 0 Å². The number of hydrogen-bond donors (Lipinski definition) is 1. The molecule has 0 spiro atoms. The predicted molar refractivity (Wildman–Crippen MR) is 99.0 cm³/mol. The van der Waals surface area contributed by atoms with Crippen molar-refractivity contribution in [2.45, 2.75) is 19.4 Å². The summed E-state index contributed by atoms with van der Waals surface area (Å²) in [7, 11) is 0. The van der Waals surface area contributed by atoms with E-state index in [1.165, 1.54) is 5.56 Å². The molecule has 120 valence electrons. The third-order valence-electron chi connectivity index (χ3n) is 4.09. The van der Waals surface area contributed by atoms with E-state index >= 15 is 0 Å². The molecule has 2 heterocycles. The summed E-state index contributed by atoms with van der Waals surface area (Å²) in [6.07, 6.45) is 2.63. The Labute approximate surface area is 148 Å². The second-order valence-corrected chi connectivity index (χ2v) is 6.74. The van der Waals surface area contributed by atoms with Gasteiger partial charge in [0.1, 0.15) is 0 Å². The average molecular weight is 382 g/mol. The minimum Gasteiger partial charge on any atom is -0.339 e. The monoisotopic (exact) mass is 381 g/mol. The Bertz CT molecular complexity index is 865. The zero-order chi connectivity index (χ0) is 16.5. The molecule has 1 aliphatic rings. The number of fused-ring (bicyclic) bond motifs is 1. The summed E-state index contributed by atoms with van der Waals surface area (Å²) in [5.74, 6) is 1.30. The summed E-state index contributed by atoms with van der Waals surface area (Å²) in [5, 5.41) is 11.6.